The van der Waals surface area contributed by atoms with Gasteiger partial charge in [0.2, 0.25) is 10.0 Å². The number of hydrogen-bond donors (Lipinski definition) is 2. The van der Waals surface area contributed by atoms with Crippen LogP contribution in [-0.4, -0.2) is 44.5 Å². The molecule has 0 heterocycles. The molecule has 7 heteroatoms. The standard InChI is InChI=1S/C17H25NO5S/c1-23-16(11-13-5-3-2-4-6-13)12-24(21,22)18-15-9-7-14(8-10-15)17(19)20/h2-6,14-16,18H,7-12H2,1H3,(H,19,20). The van der Waals surface area contributed by atoms with Crippen LogP contribution in [0.5, 0.6) is 0 Å². The molecule has 6 nitrogen and oxygen atoms in total. The van der Waals surface area contributed by atoms with Crippen LogP contribution in [-0.2, 0) is 26.0 Å². The summed E-state index contributed by atoms with van der Waals surface area (Å²) in [6.45, 7) is 0. The number of nitrogens with one attached hydrogen (secondary N) is 1. The highest BCUT2D eigenvalue weighted by Crippen LogP contribution is 2.25. The van der Waals surface area contributed by atoms with Crippen LogP contribution < -0.4 is 4.72 Å². The Hall–Kier alpha value is -1.44. The molecule has 1 aliphatic carbocycles. The molecule has 2 rings (SSSR count). The van der Waals surface area contributed by atoms with E-state index >= 15 is 0 Å². The largest absolute Gasteiger partial charge is 0.481 e. The van der Waals surface area contributed by atoms with Gasteiger partial charge in [-0.15, -0.1) is 0 Å². The molecule has 1 saturated carbocycles. The van der Waals surface area contributed by atoms with Crippen LogP contribution in [0, 0.1) is 5.92 Å². The van der Waals surface area contributed by atoms with Crippen molar-refractivity contribution in [3.63, 3.8) is 0 Å². The van der Waals surface area contributed by atoms with E-state index in [0.717, 1.165) is 5.56 Å². The quantitative estimate of drug-likeness (QED) is 0.742. The van der Waals surface area contributed by atoms with Gasteiger partial charge in [0.05, 0.1) is 17.8 Å². The number of hydrogen-bond acceptors (Lipinski definition) is 4. The van der Waals surface area contributed by atoms with Crippen molar-refractivity contribution in [1.82, 2.24) is 4.72 Å². The van der Waals surface area contributed by atoms with Crippen molar-refractivity contribution >= 4 is 16.0 Å². The predicted molar refractivity (Wildman–Crippen MR) is 91.2 cm³/mol. The third kappa shape index (κ3) is 5.89. The van der Waals surface area contributed by atoms with Crippen LogP contribution in [0.15, 0.2) is 30.3 Å². The number of carboxylic acids is 1. The van der Waals surface area contributed by atoms with Gasteiger partial charge in [0.15, 0.2) is 0 Å². The highest BCUT2D eigenvalue weighted by Gasteiger charge is 2.29. The van der Waals surface area contributed by atoms with Crippen LogP contribution >= 0.6 is 0 Å². The second-order valence-corrected chi connectivity index (χ2v) is 8.13. The minimum atomic E-state index is -3.47. The van der Waals surface area contributed by atoms with E-state index in [2.05, 4.69) is 4.72 Å². The van der Waals surface area contributed by atoms with Crippen molar-refractivity contribution in [2.75, 3.05) is 12.9 Å². The summed E-state index contributed by atoms with van der Waals surface area (Å²) in [5.74, 6) is -1.24. The third-order valence-electron chi connectivity index (χ3n) is 4.47. The second kappa shape index (κ2) is 8.60. The lowest BCUT2D eigenvalue weighted by atomic mass is 9.87. The van der Waals surface area contributed by atoms with Crippen molar-refractivity contribution in [2.45, 2.75) is 44.2 Å². The first kappa shape index (κ1) is 18.9. The molecule has 1 fully saturated rings. The van der Waals surface area contributed by atoms with Gasteiger partial charge in [-0.3, -0.25) is 4.79 Å². The summed E-state index contributed by atoms with van der Waals surface area (Å²) in [6.07, 6.45) is 2.27. The second-order valence-electron chi connectivity index (χ2n) is 6.33. The summed E-state index contributed by atoms with van der Waals surface area (Å²) in [5.41, 5.74) is 1.03. The summed E-state index contributed by atoms with van der Waals surface area (Å²) in [5, 5.41) is 8.99. The van der Waals surface area contributed by atoms with E-state index in [1.54, 1.807) is 0 Å². The molecule has 1 aromatic rings. The van der Waals surface area contributed by atoms with E-state index in [9.17, 15) is 13.2 Å². The van der Waals surface area contributed by atoms with Crippen LogP contribution in [0.4, 0.5) is 0 Å². The molecule has 0 aromatic heterocycles. The molecule has 24 heavy (non-hydrogen) atoms. The van der Waals surface area contributed by atoms with Crippen LogP contribution in [0.1, 0.15) is 31.2 Å². The van der Waals surface area contributed by atoms with E-state index in [1.165, 1.54) is 7.11 Å². The molecule has 0 saturated heterocycles. The molecule has 1 aliphatic rings. The monoisotopic (exact) mass is 355 g/mol. The summed E-state index contributed by atoms with van der Waals surface area (Å²) >= 11 is 0. The Kier molecular flexibility index (Phi) is 6.77. The zero-order valence-electron chi connectivity index (χ0n) is 13.8. The lowest BCUT2D eigenvalue weighted by Crippen LogP contribution is -2.42. The topological polar surface area (TPSA) is 92.7 Å². The summed E-state index contributed by atoms with van der Waals surface area (Å²) < 4.78 is 32.8. The minimum absolute atomic E-state index is 0.0999. The minimum Gasteiger partial charge on any atom is -0.481 e. The average molecular weight is 355 g/mol. The maximum Gasteiger partial charge on any atom is 0.306 e. The van der Waals surface area contributed by atoms with Gasteiger partial charge in [-0.25, -0.2) is 13.1 Å². The molecule has 0 bridgehead atoms. The van der Waals surface area contributed by atoms with E-state index in [0.29, 0.717) is 32.1 Å². The first-order valence-electron chi connectivity index (χ1n) is 8.19. The maximum absolute atomic E-state index is 12.4. The fraction of sp³-hybridized carbons (Fsp3) is 0.588. The van der Waals surface area contributed by atoms with Gasteiger partial charge in [0.25, 0.3) is 0 Å². The highest BCUT2D eigenvalue weighted by atomic mass is 32.2. The van der Waals surface area contributed by atoms with Crippen LogP contribution in [0.3, 0.4) is 0 Å². The maximum atomic E-state index is 12.4. The molecule has 0 aliphatic heterocycles. The molecular formula is C17H25NO5S. The van der Waals surface area contributed by atoms with Gasteiger partial charge in [-0.1, -0.05) is 30.3 Å². The van der Waals surface area contributed by atoms with Crippen molar-refractivity contribution in [3.05, 3.63) is 35.9 Å². The van der Waals surface area contributed by atoms with Crippen LogP contribution in [0.25, 0.3) is 0 Å². The van der Waals surface area contributed by atoms with Crippen molar-refractivity contribution in [2.24, 2.45) is 5.92 Å². The Morgan fingerprint density at radius 1 is 1.25 bits per heavy atom. The highest BCUT2D eigenvalue weighted by molar-refractivity contribution is 7.89. The number of carboxylic acid groups (broad SMARTS) is 1. The zero-order valence-corrected chi connectivity index (χ0v) is 14.7. The Balaban J connectivity index is 1.87. The summed E-state index contributed by atoms with van der Waals surface area (Å²) in [4.78, 5) is 10.9. The lowest BCUT2D eigenvalue weighted by molar-refractivity contribution is -0.142. The number of carbonyl (C=O) groups is 1. The smallest absolute Gasteiger partial charge is 0.306 e. The predicted octanol–water partition coefficient (Wildman–Crippen LogP) is 1.81. The normalized spacial score (nSPS) is 22.9. The van der Waals surface area contributed by atoms with Gasteiger partial charge in [0, 0.05) is 13.2 Å². The molecule has 1 unspecified atom stereocenters. The zero-order chi connectivity index (χ0) is 17.6. The van der Waals surface area contributed by atoms with Gasteiger partial charge in [-0.2, -0.15) is 0 Å². The molecule has 134 valence electrons. The van der Waals surface area contributed by atoms with Gasteiger partial charge >= 0.3 is 5.97 Å². The Morgan fingerprint density at radius 3 is 2.42 bits per heavy atom. The van der Waals surface area contributed by atoms with E-state index < -0.39 is 22.1 Å². The summed E-state index contributed by atoms with van der Waals surface area (Å²) in [7, 11) is -1.96. The summed E-state index contributed by atoms with van der Waals surface area (Å²) in [6, 6.07) is 9.45. The molecular weight excluding hydrogens is 330 g/mol. The number of methoxy groups -OCH3 is 1. The van der Waals surface area contributed by atoms with E-state index in [4.69, 9.17) is 9.84 Å². The number of aliphatic carboxylic acids is 1. The molecule has 2 N–H and O–H groups in total. The Labute approximate surface area is 143 Å². The number of rotatable bonds is 8. The number of sulfonamides is 1. The van der Waals surface area contributed by atoms with Crippen molar-refractivity contribution < 1.29 is 23.1 Å². The molecule has 1 aromatic carbocycles. The molecule has 1 atom stereocenters. The van der Waals surface area contributed by atoms with Crippen molar-refractivity contribution in [3.8, 4) is 0 Å². The molecule has 0 radical (unpaired) electrons. The first-order valence-corrected chi connectivity index (χ1v) is 9.84. The Bertz CT molecular complexity index is 624. The third-order valence-corrected chi connectivity index (χ3v) is 5.97. The fourth-order valence-corrected chi connectivity index (χ4v) is 4.68. The SMILES string of the molecule is COC(Cc1ccccc1)CS(=O)(=O)NC1CCC(C(=O)O)CC1. The van der Waals surface area contributed by atoms with Gasteiger partial charge in [-0.05, 0) is 37.7 Å². The molecule has 0 spiro atoms. The number of ether oxygens (including phenoxy) is 1. The van der Waals surface area contributed by atoms with E-state index in [-0.39, 0.29) is 17.7 Å². The number of benzene rings is 1. The van der Waals surface area contributed by atoms with Crippen LogP contribution in [0.2, 0.25) is 0 Å². The van der Waals surface area contributed by atoms with Gasteiger partial charge in [0.1, 0.15) is 0 Å². The van der Waals surface area contributed by atoms with E-state index in [1.807, 2.05) is 30.3 Å². The fourth-order valence-electron chi connectivity index (χ4n) is 3.09. The lowest BCUT2D eigenvalue weighted by Gasteiger charge is -2.27. The molecule has 0 amide bonds. The first-order chi connectivity index (χ1) is 11.4. The van der Waals surface area contributed by atoms with Gasteiger partial charge < -0.3 is 9.84 Å². The average Bonchev–Trinajstić information content (AvgIpc) is 2.55. The van der Waals surface area contributed by atoms with Crippen molar-refractivity contribution in [1.29, 1.82) is 0 Å². The Morgan fingerprint density at radius 2 is 1.88 bits per heavy atom.